The van der Waals surface area contributed by atoms with E-state index in [9.17, 15) is 0 Å². The molecule has 0 N–H and O–H groups in total. The van der Waals surface area contributed by atoms with E-state index in [1.807, 2.05) is 6.08 Å². The van der Waals surface area contributed by atoms with Crippen LogP contribution < -0.4 is 0 Å². The van der Waals surface area contributed by atoms with Crippen LogP contribution >= 0.6 is 23.2 Å². The average molecular weight is 153 g/mol. The van der Waals surface area contributed by atoms with Gasteiger partial charge in [0.05, 0.1) is 0 Å². The van der Waals surface area contributed by atoms with Gasteiger partial charge in [0.25, 0.3) is 0 Å². The zero-order chi connectivity index (χ0) is 6.62. The lowest BCUT2D eigenvalue weighted by atomic mass is 10.2. The van der Waals surface area contributed by atoms with Crippen LogP contribution in [0, 0.1) is 0 Å². The van der Waals surface area contributed by atoms with Crippen molar-refractivity contribution >= 4 is 23.2 Å². The van der Waals surface area contributed by atoms with E-state index < -0.39 is 4.33 Å². The second-order valence-electron chi connectivity index (χ2n) is 1.90. The number of rotatable bonds is 3. The predicted molar refractivity (Wildman–Crippen MR) is 39.5 cm³/mol. The second-order valence-corrected chi connectivity index (χ2v) is 3.76. The molecule has 0 bridgehead atoms. The van der Waals surface area contributed by atoms with Crippen LogP contribution in [0.3, 0.4) is 0 Å². The maximum atomic E-state index is 5.63. The summed E-state index contributed by atoms with van der Waals surface area (Å²) >= 11 is 11.3. The smallest absolute Gasteiger partial charge is 0.103 e. The first-order valence-corrected chi connectivity index (χ1v) is 3.30. The molecule has 0 saturated carbocycles. The number of allylic oxidation sites excluding steroid dienone is 1. The minimum Gasteiger partial charge on any atom is -0.103 e. The van der Waals surface area contributed by atoms with Gasteiger partial charge < -0.3 is 0 Å². The molecule has 0 heterocycles. The maximum absolute atomic E-state index is 5.63. The van der Waals surface area contributed by atoms with E-state index in [1.165, 1.54) is 0 Å². The number of hydrogen-bond donors (Lipinski definition) is 0. The molecule has 0 aliphatic rings. The molecule has 0 rings (SSSR count). The van der Waals surface area contributed by atoms with Gasteiger partial charge in [0.2, 0.25) is 0 Å². The summed E-state index contributed by atoms with van der Waals surface area (Å²) in [6.45, 7) is 5.32. The highest BCUT2D eigenvalue weighted by atomic mass is 35.5. The Kier molecular flexibility index (Phi) is 3.50. The highest BCUT2D eigenvalue weighted by Crippen LogP contribution is 2.25. The standard InChI is InChI=1S/C6H10Cl2/c1-3-4-5-6(2,7)8/h3H,1,4-5H2,2H3. The normalized spacial score (nSPS) is 11.4. The Labute approximate surface area is 60.5 Å². The Morgan fingerprint density at radius 3 is 2.25 bits per heavy atom. The van der Waals surface area contributed by atoms with Gasteiger partial charge in [-0.2, -0.15) is 0 Å². The first-order chi connectivity index (χ1) is 3.56. The Morgan fingerprint density at radius 1 is 1.62 bits per heavy atom. The highest BCUT2D eigenvalue weighted by molar-refractivity contribution is 6.48. The van der Waals surface area contributed by atoms with Crippen LogP contribution in [-0.4, -0.2) is 4.33 Å². The Morgan fingerprint density at radius 2 is 2.12 bits per heavy atom. The quantitative estimate of drug-likeness (QED) is 0.431. The molecule has 0 radical (unpaired) electrons. The number of alkyl halides is 2. The van der Waals surface area contributed by atoms with Crippen molar-refractivity contribution in [3.05, 3.63) is 12.7 Å². The van der Waals surface area contributed by atoms with Gasteiger partial charge in [0.15, 0.2) is 0 Å². The lowest BCUT2D eigenvalue weighted by Crippen LogP contribution is -2.03. The molecule has 0 spiro atoms. The second kappa shape index (κ2) is 3.37. The van der Waals surface area contributed by atoms with E-state index in [0.717, 1.165) is 12.8 Å². The highest BCUT2D eigenvalue weighted by Gasteiger charge is 2.13. The van der Waals surface area contributed by atoms with Crippen LogP contribution in [0.2, 0.25) is 0 Å². The molecule has 0 nitrogen and oxygen atoms in total. The molecule has 0 fully saturated rings. The molecular formula is C6H10Cl2. The maximum Gasteiger partial charge on any atom is 0.115 e. The summed E-state index contributed by atoms with van der Waals surface area (Å²) in [6, 6.07) is 0. The van der Waals surface area contributed by atoms with E-state index in [4.69, 9.17) is 23.2 Å². The third kappa shape index (κ3) is 6.32. The molecular weight excluding hydrogens is 143 g/mol. The Balaban J connectivity index is 3.24. The third-order valence-corrected chi connectivity index (χ3v) is 1.17. The van der Waals surface area contributed by atoms with Gasteiger partial charge in [-0.05, 0) is 19.8 Å². The van der Waals surface area contributed by atoms with Crippen molar-refractivity contribution in [1.29, 1.82) is 0 Å². The fourth-order valence-electron chi connectivity index (χ4n) is 0.356. The van der Waals surface area contributed by atoms with E-state index >= 15 is 0 Å². The first-order valence-electron chi connectivity index (χ1n) is 2.55. The van der Waals surface area contributed by atoms with E-state index in [2.05, 4.69) is 6.58 Å². The van der Waals surface area contributed by atoms with Gasteiger partial charge in [0.1, 0.15) is 4.33 Å². The van der Waals surface area contributed by atoms with Crippen molar-refractivity contribution < 1.29 is 0 Å². The molecule has 0 aromatic heterocycles. The van der Waals surface area contributed by atoms with Crippen LogP contribution in [0.15, 0.2) is 12.7 Å². The van der Waals surface area contributed by atoms with Gasteiger partial charge >= 0.3 is 0 Å². The van der Waals surface area contributed by atoms with E-state index in [1.54, 1.807) is 6.92 Å². The largest absolute Gasteiger partial charge is 0.115 e. The zero-order valence-electron chi connectivity index (χ0n) is 4.95. The number of halogens is 2. The molecule has 0 aliphatic heterocycles. The lowest BCUT2D eigenvalue weighted by molar-refractivity contribution is 0.764. The summed E-state index contributed by atoms with van der Waals surface area (Å²) in [4.78, 5) is 0. The topological polar surface area (TPSA) is 0 Å². The SMILES string of the molecule is C=CCCC(C)(Cl)Cl. The van der Waals surface area contributed by atoms with Crippen LogP contribution in [-0.2, 0) is 0 Å². The van der Waals surface area contributed by atoms with E-state index in [-0.39, 0.29) is 0 Å². The van der Waals surface area contributed by atoms with Crippen molar-refractivity contribution in [2.24, 2.45) is 0 Å². The van der Waals surface area contributed by atoms with E-state index in [0.29, 0.717) is 0 Å². The Hall–Kier alpha value is 0.320. The first kappa shape index (κ1) is 8.32. The van der Waals surface area contributed by atoms with Gasteiger partial charge in [-0.25, -0.2) is 0 Å². The van der Waals surface area contributed by atoms with Crippen LogP contribution in [0.4, 0.5) is 0 Å². The molecule has 8 heavy (non-hydrogen) atoms. The average Bonchev–Trinajstić information content (AvgIpc) is 1.59. The van der Waals surface area contributed by atoms with Crippen molar-refractivity contribution in [3.63, 3.8) is 0 Å². The summed E-state index contributed by atoms with van der Waals surface area (Å²) in [5, 5.41) is 0. The Bertz CT molecular complexity index is 71.1. The van der Waals surface area contributed by atoms with Gasteiger partial charge in [0, 0.05) is 0 Å². The molecule has 0 aromatic carbocycles. The molecule has 48 valence electrons. The fourth-order valence-corrected chi connectivity index (χ4v) is 0.574. The van der Waals surface area contributed by atoms with Crippen LogP contribution in [0.25, 0.3) is 0 Å². The number of hydrogen-bond acceptors (Lipinski definition) is 0. The summed E-state index contributed by atoms with van der Waals surface area (Å²) in [5.41, 5.74) is 0. The molecule has 0 aliphatic carbocycles. The molecule has 2 heteroatoms. The van der Waals surface area contributed by atoms with Crippen molar-refractivity contribution in [3.8, 4) is 0 Å². The van der Waals surface area contributed by atoms with Crippen LogP contribution in [0.1, 0.15) is 19.8 Å². The molecule has 0 aromatic rings. The zero-order valence-corrected chi connectivity index (χ0v) is 6.47. The molecule has 0 unspecified atom stereocenters. The summed E-state index contributed by atoms with van der Waals surface area (Å²) in [7, 11) is 0. The monoisotopic (exact) mass is 152 g/mol. The van der Waals surface area contributed by atoms with Crippen molar-refractivity contribution in [2.45, 2.75) is 24.1 Å². The summed E-state index contributed by atoms with van der Waals surface area (Å²) in [6.07, 6.45) is 3.46. The lowest BCUT2D eigenvalue weighted by Gasteiger charge is -2.09. The van der Waals surface area contributed by atoms with Crippen LogP contribution in [0.5, 0.6) is 0 Å². The third-order valence-electron chi connectivity index (χ3n) is 0.787. The summed E-state index contributed by atoms with van der Waals surface area (Å²) in [5.74, 6) is 0. The fraction of sp³-hybridized carbons (Fsp3) is 0.667. The van der Waals surface area contributed by atoms with Gasteiger partial charge in [-0.1, -0.05) is 6.08 Å². The van der Waals surface area contributed by atoms with Crippen molar-refractivity contribution in [1.82, 2.24) is 0 Å². The summed E-state index contributed by atoms with van der Waals surface area (Å²) < 4.78 is -0.575. The van der Waals surface area contributed by atoms with Gasteiger partial charge in [-0.3, -0.25) is 0 Å². The minimum absolute atomic E-state index is 0.575. The minimum atomic E-state index is -0.575. The van der Waals surface area contributed by atoms with Gasteiger partial charge in [-0.15, -0.1) is 29.8 Å². The predicted octanol–water partition coefficient (Wildman–Crippen LogP) is 3.15. The molecule has 0 atom stereocenters. The van der Waals surface area contributed by atoms with Crippen molar-refractivity contribution in [2.75, 3.05) is 0 Å². The molecule has 0 amide bonds. The molecule has 0 saturated heterocycles.